The van der Waals surface area contributed by atoms with Gasteiger partial charge in [-0.2, -0.15) is 17.9 Å². The molecule has 19 heavy (non-hydrogen) atoms. The summed E-state index contributed by atoms with van der Waals surface area (Å²) in [7, 11) is 0. The summed E-state index contributed by atoms with van der Waals surface area (Å²) in [4.78, 5) is 0. The zero-order valence-corrected chi connectivity index (χ0v) is 11.4. The first-order valence-electron chi connectivity index (χ1n) is 6.12. The molecule has 0 radical (unpaired) electrons. The molecule has 0 bridgehead atoms. The Balaban J connectivity index is 1.98. The molecule has 0 fully saturated rings. The van der Waals surface area contributed by atoms with Crippen LogP contribution in [-0.2, 0) is 0 Å². The number of benzene rings is 2. The molecule has 2 rings (SSSR count). The molecule has 3 heteroatoms. The minimum atomic E-state index is 0.264. The Hall–Kier alpha value is -1.92. The summed E-state index contributed by atoms with van der Waals surface area (Å²) in [6, 6.07) is 19.5. The summed E-state index contributed by atoms with van der Waals surface area (Å²) in [5, 5.41) is 8.73. The van der Waals surface area contributed by atoms with Crippen molar-refractivity contribution in [3.05, 3.63) is 65.7 Å². The molecular weight excluding hydrogens is 254 g/mol. The van der Waals surface area contributed by atoms with Gasteiger partial charge in [0.1, 0.15) is 5.75 Å². The Morgan fingerprint density at radius 3 is 2.32 bits per heavy atom. The molecular formula is C16H15NOS. The van der Waals surface area contributed by atoms with Crippen molar-refractivity contribution in [1.29, 1.82) is 5.26 Å². The fourth-order valence-electron chi connectivity index (χ4n) is 1.80. The van der Waals surface area contributed by atoms with Gasteiger partial charge in [0.15, 0.2) is 0 Å². The van der Waals surface area contributed by atoms with Crippen molar-refractivity contribution >= 4 is 12.6 Å². The van der Waals surface area contributed by atoms with Gasteiger partial charge in [-0.3, -0.25) is 0 Å². The van der Waals surface area contributed by atoms with Crippen LogP contribution >= 0.6 is 12.6 Å². The largest absolute Gasteiger partial charge is 0.493 e. The van der Waals surface area contributed by atoms with E-state index in [0.717, 1.165) is 11.5 Å². The summed E-state index contributed by atoms with van der Waals surface area (Å²) in [5.41, 5.74) is 1.87. The van der Waals surface area contributed by atoms with Gasteiger partial charge in [0.05, 0.1) is 18.2 Å². The molecule has 0 aromatic heterocycles. The standard InChI is InChI=1S/C16H15NOS/c17-10-13-6-8-16(9-7-13)18-11-15(12-19)14-4-2-1-3-5-14/h1-9,15,19H,11-12H2. The van der Waals surface area contributed by atoms with E-state index in [-0.39, 0.29) is 5.92 Å². The van der Waals surface area contributed by atoms with Crippen LogP contribution in [0.1, 0.15) is 17.0 Å². The summed E-state index contributed by atoms with van der Waals surface area (Å²) in [6.07, 6.45) is 0. The van der Waals surface area contributed by atoms with Gasteiger partial charge in [0, 0.05) is 11.7 Å². The number of rotatable bonds is 5. The van der Waals surface area contributed by atoms with Gasteiger partial charge in [0.2, 0.25) is 0 Å². The Morgan fingerprint density at radius 1 is 1.05 bits per heavy atom. The molecule has 0 N–H and O–H groups in total. The second kappa shape index (κ2) is 6.86. The lowest BCUT2D eigenvalue weighted by molar-refractivity contribution is 0.298. The minimum absolute atomic E-state index is 0.264. The molecule has 2 aromatic carbocycles. The number of hydrogen-bond donors (Lipinski definition) is 1. The third-order valence-corrected chi connectivity index (χ3v) is 3.37. The molecule has 0 spiro atoms. The normalized spacial score (nSPS) is 11.6. The van der Waals surface area contributed by atoms with E-state index in [2.05, 4.69) is 30.8 Å². The van der Waals surface area contributed by atoms with E-state index in [1.807, 2.05) is 30.3 Å². The SMILES string of the molecule is N#Cc1ccc(OCC(CS)c2ccccc2)cc1. The van der Waals surface area contributed by atoms with Crippen molar-refractivity contribution in [2.24, 2.45) is 0 Å². The van der Waals surface area contributed by atoms with Crippen LogP contribution in [-0.4, -0.2) is 12.4 Å². The van der Waals surface area contributed by atoms with E-state index in [1.165, 1.54) is 5.56 Å². The van der Waals surface area contributed by atoms with Crippen LogP contribution in [0.2, 0.25) is 0 Å². The van der Waals surface area contributed by atoms with E-state index < -0.39 is 0 Å². The number of thiol groups is 1. The predicted molar refractivity (Wildman–Crippen MR) is 79.7 cm³/mol. The molecule has 0 heterocycles. The van der Waals surface area contributed by atoms with Gasteiger partial charge >= 0.3 is 0 Å². The smallest absolute Gasteiger partial charge is 0.119 e. The van der Waals surface area contributed by atoms with Gasteiger partial charge in [0.25, 0.3) is 0 Å². The highest BCUT2D eigenvalue weighted by Crippen LogP contribution is 2.19. The molecule has 0 aliphatic heterocycles. The van der Waals surface area contributed by atoms with Gasteiger partial charge in [-0.1, -0.05) is 30.3 Å². The van der Waals surface area contributed by atoms with Gasteiger partial charge in [-0.25, -0.2) is 0 Å². The summed E-state index contributed by atoms with van der Waals surface area (Å²) in [6.45, 7) is 0.583. The van der Waals surface area contributed by atoms with Crippen LogP contribution in [0.3, 0.4) is 0 Å². The summed E-state index contributed by atoms with van der Waals surface area (Å²) >= 11 is 4.38. The minimum Gasteiger partial charge on any atom is -0.493 e. The van der Waals surface area contributed by atoms with Crippen LogP contribution in [0.15, 0.2) is 54.6 Å². The van der Waals surface area contributed by atoms with Crippen LogP contribution in [0.5, 0.6) is 5.75 Å². The lowest BCUT2D eigenvalue weighted by atomic mass is 10.0. The molecule has 1 unspecified atom stereocenters. The van der Waals surface area contributed by atoms with Crippen LogP contribution in [0, 0.1) is 11.3 Å². The molecule has 0 amide bonds. The van der Waals surface area contributed by atoms with Crippen LogP contribution in [0.25, 0.3) is 0 Å². The second-order valence-electron chi connectivity index (χ2n) is 4.24. The molecule has 0 saturated carbocycles. The highest BCUT2D eigenvalue weighted by molar-refractivity contribution is 7.80. The average Bonchev–Trinajstić information content (AvgIpc) is 2.49. The van der Waals surface area contributed by atoms with E-state index in [9.17, 15) is 0 Å². The lowest BCUT2D eigenvalue weighted by Crippen LogP contribution is -2.11. The Labute approximate surface area is 119 Å². The topological polar surface area (TPSA) is 33.0 Å². The number of ether oxygens (including phenoxy) is 1. The maximum atomic E-state index is 8.73. The number of nitrogens with zero attached hydrogens (tertiary/aromatic N) is 1. The Morgan fingerprint density at radius 2 is 1.74 bits per heavy atom. The van der Waals surface area contributed by atoms with E-state index >= 15 is 0 Å². The summed E-state index contributed by atoms with van der Waals surface area (Å²) in [5.74, 6) is 1.78. The zero-order chi connectivity index (χ0) is 13.5. The van der Waals surface area contributed by atoms with Gasteiger partial charge < -0.3 is 4.74 Å². The highest BCUT2D eigenvalue weighted by atomic mass is 32.1. The maximum Gasteiger partial charge on any atom is 0.119 e. The van der Waals surface area contributed by atoms with Crippen molar-refractivity contribution in [3.8, 4) is 11.8 Å². The summed E-state index contributed by atoms with van der Waals surface area (Å²) < 4.78 is 5.75. The van der Waals surface area contributed by atoms with E-state index in [1.54, 1.807) is 12.1 Å². The van der Waals surface area contributed by atoms with Crippen molar-refractivity contribution in [2.75, 3.05) is 12.4 Å². The molecule has 96 valence electrons. The third-order valence-electron chi connectivity index (χ3n) is 2.93. The maximum absolute atomic E-state index is 8.73. The first-order chi connectivity index (χ1) is 9.33. The second-order valence-corrected chi connectivity index (χ2v) is 4.60. The quantitative estimate of drug-likeness (QED) is 0.840. The third kappa shape index (κ3) is 3.77. The molecule has 2 nitrogen and oxygen atoms in total. The predicted octanol–water partition coefficient (Wildman–Crippen LogP) is 3.65. The molecule has 2 aromatic rings. The van der Waals surface area contributed by atoms with Crippen molar-refractivity contribution in [3.63, 3.8) is 0 Å². The van der Waals surface area contributed by atoms with Gasteiger partial charge in [-0.15, -0.1) is 0 Å². The number of nitriles is 1. The average molecular weight is 269 g/mol. The van der Waals surface area contributed by atoms with Crippen LogP contribution in [0.4, 0.5) is 0 Å². The molecule has 0 saturated heterocycles. The Bertz CT molecular complexity index is 545. The molecule has 1 atom stereocenters. The Kier molecular flexibility index (Phi) is 4.88. The first-order valence-corrected chi connectivity index (χ1v) is 6.75. The number of hydrogen-bond acceptors (Lipinski definition) is 3. The fourth-order valence-corrected chi connectivity index (χ4v) is 2.12. The lowest BCUT2D eigenvalue weighted by Gasteiger charge is -2.16. The van der Waals surface area contributed by atoms with E-state index in [0.29, 0.717) is 12.2 Å². The van der Waals surface area contributed by atoms with Gasteiger partial charge in [-0.05, 0) is 29.8 Å². The van der Waals surface area contributed by atoms with Crippen LogP contribution < -0.4 is 4.74 Å². The van der Waals surface area contributed by atoms with Crippen molar-refractivity contribution in [2.45, 2.75) is 5.92 Å². The molecule has 0 aliphatic carbocycles. The fraction of sp³-hybridized carbons (Fsp3) is 0.188. The highest BCUT2D eigenvalue weighted by Gasteiger charge is 2.10. The monoisotopic (exact) mass is 269 g/mol. The van der Waals surface area contributed by atoms with Crippen molar-refractivity contribution < 1.29 is 4.74 Å². The van der Waals surface area contributed by atoms with Crippen molar-refractivity contribution in [1.82, 2.24) is 0 Å². The first kappa shape index (κ1) is 13.5. The zero-order valence-electron chi connectivity index (χ0n) is 10.5. The molecule has 0 aliphatic rings. The van der Waals surface area contributed by atoms with E-state index in [4.69, 9.17) is 10.00 Å².